The van der Waals surface area contributed by atoms with Crippen LogP contribution < -0.4 is 0 Å². The number of rotatable bonds is 6. The molecule has 4 atom stereocenters. The first kappa shape index (κ1) is 14.2. The summed E-state index contributed by atoms with van der Waals surface area (Å²) in [6.07, 6.45) is 3.25. The number of carboxylic acids is 1. The molecule has 2 fully saturated rings. The Bertz CT molecular complexity index is 487. The average Bonchev–Trinajstić information content (AvgIpc) is 3.10. The van der Waals surface area contributed by atoms with Crippen molar-refractivity contribution in [1.29, 1.82) is 0 Å². The van der Waals surface area contributed by atoms with Gasteiger partial charge in [-0.25, -0.2) is 0 Å². The molecular weight excluding hydrogens is 276 g/mol. The lowest BCUT2D eigenvalue weighted by Crippen LogP contribution is -2.40. The standard InChI is InChI=1S/C14H18N2O5/c1-15(5-4-10(17)18)6-7-16-13(19)11-8-2-3-9(21-8)12(11)14(16)20/h2-3,8-9,11-12H,4-7H2,1H3,(H,17,18). The van der Waals surface area contributed by atoms with Crippen molar-refractivity contribution in [1.82, 2.24) is 9.80 Å². The molecule has 0 aromatic carbocycles. The molecule has 4 unspecified atom stereocenters. The zero-order valence-electron chi connectivity index (χ0n) is 11.8. The zero-order valence-corrected chi connectivity index (χ0v) is 11.8. The van der Waals surface area contributed by atoms with Crippen molar-refractivity contribution >= 4 is 17.8 Å². The molecule has 2 amide bonds. The quantitative estimate of drug-likeness (QED) is 0.516. The molecule has 2 bridgehead atoms. The summed E-state index contributed by atoms with van der Waals surface area (Å²) in [5.74, 6) is -1.90. The van der Waals surface area contributed by atoms with Gasteiger partial charge in [0.15, 0.2) is 0 Å². The topological polar surface area (TPSA) is 87.2 Å². The van der Waals surface area contributed by atoms with E-state index in [0.29, 0.717) is 19.6 Å². The highest BCUT2D eigenvalue weighted by Crippen LogP contribution is 2.44. The number of imide groups is 1. The number of carboxylic acid groups (broad SMARTS) is 1. The van der Waals surface area contributed by atoms with E-state index in [-0.39, 0.29) is 42.3 Å². The van der Waals surface area contributed by atoms with Crippen LogP contribution in [0.25, 0.3) is 0 Å². The van der Waals surface area contributed by atoms with Crippen molar-refractivity contribution < 1.29 is 24.2 Å². The Hall–Kier alpha value is -1.73. The maximum Gasteiger partial charge on any atom is 0.304 e. The molecule has 0 aromatic heterocycles. The lowest BCUT2D eigenvalue weighted by molar-refractivity contribution is -0.143. The number of hydrogen-bond donors (Lipinski definition) is 1. The van der Waals surface area contributed by atoms with Crippen LogP contribution >= 0.6 is 0 Å². The van der Waals surface area contributed by atoms with E-state index in [9.17, 15) is 14.4 Å². The van der Waals surface area contributed by atoms with E-state index in [1.807, 2.05) is 17.1 Å². The van der Waals surface area contributed by atoms with E-state index in [2.05, 4.69) is 0 Å². The van der Waals surface area contributed by atoms with E-state index >= 15 is 0 Å². The predicted molar refractivity (Wildman–Crippen MR) is 71.3 cm³/mol. The van der Waals surface area contributed by atoms with Gasteiger partial charge in [-0.15, -0.1) is 0 Å². The number of ether oxygens (including phenoxy) is 1. The Kier molecular flexibility index (Phi) is 3.54. The van der Waals surface area contributed by atoms with E-state index in [4.69, 9.17) is 9.84 Å². The number of amides is 2. The maximum absolute atomic E-state index is 12.3. The molecule has 0 spiro atoms. The fraction of sp³-hybridized carbons (Fsp3) is 0.643. The number of fused-ring (bicyclic) bond motifs is 5. The van der Waals surface area contributed by atoms with Gasteiger partial charge in [0.1, 0.15) is 0 Å². The summed E-state index contributed by atoms with van der Waals surface area (Å²) in [7, 11) is 1.78. The van der Waals surface area contributed by atoms with Gasteiger partial charge in [0.05, 0.1) is 30.5 Å². The summed E-state index contributed by atoms with van der Waals surface area (Å²) in [5.41, 5.74) is 0. The fourth-order valence-electron chi connectivity index (χ4n) is 3.25. The summed E-state index contributed by atoms with van der Waals surface area (Å²) in [5, 5.41) is 8.63. The van der Waals surface area contributed by atoms with Crippen LogP contribution in [0.5, 0.6) is 0 Å². The van der Waals surface area contributed by atoms with Crippen molar-refractivity contribution in [2.75, 3.05) is 26.7 Å². The van der Waals surface area contributed by atoms with Gasteiger partial charge in [-0.2, -0.15) is 0 Å². The van der Waals surface area contributed by atoms with Crippen LogP contribution in [0.1, 0.15) is 6.42 Å². The van der Waals surface area contributed by atoms with Gasteiger partial charge in [0.25, 0.3) is 0 Å². The van der Waals surface area contributed by atoms with Crippen LogP contribution in [0.15, 0.2) is 12.2 Å². The SMILES string of the molecule is CN(CCC(=O)O)CCN1C(=O)C2C3C=CC(O3)C2C1=O. The Morgan fingerprint density at radius 1 is 1.24 bits per heavy atom. The number of aliphatic carboxylic acids is 1. The molecule has 3 rings (SSSR count). The van der Waals surface area contributed by atoms with Crippen LogP contribution in [-0.2, 0) is 19.1 Å². The third-order valence-electron chi connectivity index (χ3n) is 4.41. The highest BCUT2D eigenvalue weighted by Gasteiger charge is 2.60. The number of nitrogens with zero attached hydrogens (tertiary/aromatic N) is 2. The van der Waals surface area contributed by atoms with Crippen molar-refractivity contribution in [2.45, 2.75) is 18.6 Å². The minimum absolute atomic E-state index is 0.0472. The highest BCUT2D eigenvalue weighted by atomic mass is 16.5. The maximum atomic E-state index is 12.3. The molecule has 21 heavy (non-hydrogen) atoms. The van der Waals surface area contributed by atoms with Crippen LogP contribution in [0.3, 0.4) is 0 Å². The van der Waals surface area contributed by atoms with Crippen LogP contribution in [0.2, 0.25) is 0 Å². The van der Waals surface area contributed by atoms with Crippen molar-refractivity contribution in [3.8, 4) is 0 Å². The Labute approximate surface area is 122 Å². The van der Waals surface area contributed by atoms with Gasteiger partial charge < -0.3 is 14.7 Å². The third kappa shape index (κ3) is 2.36. The van der Waals surface area contributed by atoms with Gasteiger partial charge in [0, 0.05) is 19.6 Å². The molecule has 3 aliphatic heterocycles. The van der Waals surface area contributed by atoms with Gasteiger partial charge in [-0.05, 0) is 7.05 Å². The molecule has 3 heterocycles. The second-order valence-corrected chi connectivity index (χ2v) is 5.78. The largest absolute Gasteiger partial charge is 0.481 e. The molecule has 7 nitrogen and oxygen atoms in total. The second kappa shape index (κ2) is 5.23. The summed E-state index contributed by atoms with van der Waals surface area (Å²) in [6, 6.07) is 0. The van der Waals surface area contributed by atoms with E-state index in [1.54, 1.807) is 7.05 Å². The zero-order chi connectivity index (χ0) is 15.1. The number of likely N-dealkylation sites (tertiary alicyclic amines) is 1. The van der Waals surface area contributed by atoms with Crippen molar-refractivity contribution in [3.05, 3.63) is 12.2 Å². The first-order chi connectivity index (χ1) is 9.99. The Balaban J connectivity index is 1.57. The average molecular weight is 294 g/mol. The Morgan fingerprint density at radius 2 is 1.81 bits per heavy atom. The molecule has 7 heteroatoms. The number of carbonyl (C=O) groups excluding carboxylic acids is 2. The van der Waals surface area contributed by atoms with E-state index in [0.717, 1.165) is 0 Å². The lowest BCUT2D eigenvalue weighted by Gasteiger charge is -2.21. The molecule has 114 valence electrons. The molecule has 0 aliphatic carbocycles. The summed E-state index contributed by atoms with van der Waals surface area (Å²) < 4.78 is 5.56. The first-order valence-electron chi connectivity index (χ1n) is 7.08. The molecule has 3 aliphatic rings. The second-order valence-electron chi connectivity index (χ2n) is 5.78. The van der Waals surface area contributed by atoms with Crippen molar-refractivity contribution in [2.24, 2.45) is 11.8 Å². The van der Waals surface area contributed by atoms with Gasteiger partial charge in [-0.3, -0.25) is 19.3 Å². The van der Waals surface area contributed by atoms with E-state index in [1.165, 1.54) is 4.90 Å². The van der Waals surface area contributed by atoms with Gasteiger partial charge in [-0.1, -0.05) is 12.2 Å². The van der Waals surface area contributed by atoms with Crippen LogP contribution in [-0.4, -0.2) is 71.6 Å². The Morgan fingerprint density at radius 3 is 2.33 bits per heavy atom. The van der Waals surface area contributed by atoms with Gasteiger partial charge >= 0.3 is 5.97 Å². The van der Waals surface area contributed by atoms with E-state index < -0.39 is 5.97 Å². The first-order valence-corrected chi connectivity index (χ1v) is 7.08. The van der Waals surface area contributed by atoms with Crippen LogP contribution in [0, 0.1) is 11.8 Å². The molecule has 2 saturated heterocycles. The normalized spacial score (nSPS) is 33.3. The minimum Gasteiger partial charge on any atom is -0.481 e. The van der Waals surface area contributed by atoms with Gasteiger partial charge in [0.2, 0.25) is 11.8 Å². The molecule has 0 saturated carbocycles. The minimum atomic E-state index is -0.857. The molecular formula is C14H18N2O5. The number of hydrogen-bond acceptors (Lipinski definition) is 5. The number of likely N-dealkylation sites (N-methyl/N-ethyl adjacent to an activating group) is 1. The van der Waals surface area contributed by atoms with Crippen LogP contribution in [0.4, 0.5) is 0 Å². The summed E-state index contributed by atoms with van der Waals surface area (Å²) >= 11 is 0. The number of carbonyl (C=O) groups is 3. The fourth-order valence-corrected chi connectivity index (χ4v) is 3.25. The third-order valence-corrected chi connectivity index (χ3v) is 4.41. The monoisotopic (exact) mass is 294 g/mol. The molecule has 1 N–H and O–H groups in total. The lowest BCUT2D eigenvalue weighted by atomic mass is 9.85. The molecule has 0 radical (unpaired) electrons. The summed E-state index contributed by atoms with van der Waals surface area (Å²) in [4.78, 5) is 38.3. The highest BCUT2D eigenvalue weighted by molar-refractivity contribution is 6.06. The predicted octanol–water partition coefficient (Wildman–Crippen LogP) is -0.669. The summed E-state index contributed by atoms with van der Waals surface area (Å²) in [6.45, 7) is 1.18. The smallest absolute Gasteiger partial charge is 0.304 e. The van der Waals surface area contributed by atoms with Crippen molar-refractivity contribution in [3.63, 3.8) is 0 Å². The molecule has 0 aromatic rings.